The molecule has 0 unspecified atom stereocenters. The molecule has 0 radical (unpaired) electrons. The molecule has 2 aromatic heterocycles. The van der Waals surface area contributed by atoms with E-state index < -0.39 is 5.41 Å². The van der Waals surface area contributed by atoms with Gasteiger partial charge in [0.1, 0.15) is 11.0 Å². The summed E-state index contributed by atoms with van der Waals surface area (Å²) in [6.07, 6.45) is 0. The lowest BCUT2D eigenvalue weighted by molar-refractivity contribution is 0.558. The van der Waals surface area contributed by atoms with E-state index in [4.69, 9.17) is 18.8 Å². The smallest absolute Gasteiger partial charge is 0.192 e. The molecule has 0 saturated carbocycles. The molecule has 12 rings (SSSR count). The van der Waals surface area contributed by atoms with Gasteiger partial charge in [0.25, 0.3) is 0 Å². The van der Waals surface area contributed by atoms with Crippen LogP contribution in [0.25, 0.3) is 44.5 Å². The van der Waals surface area contributed by atoms with Crippen molar-refractivity contribution in [2.75, 3.05) is 9.80 Å². The Labute approximate surface area is 341 Å². The lowest BCUT2D eigenvalue weighted by atomic mass is 9.70. The largest absolute Gasteiger partial charge is 0.440 e. The Morgan fingerprint density at radius 1 is 0.390 bits per heavy atom. The summed E-state index contributed by atoms with van der Waals surface area (Å²) in [5.74, 6) is 1.18. The lowest BCUT2D eigenvalue weighted by Crippen LogP contribution is -2.26. The molecule has 10 aromatic rings. The zero-order valence-electron chi connectivity index (χ0n) is 32.4. The van der Waals surface area contributed by atoms with Gasteiger partial charge in [-0.05, 0) is 94.0 Å². The van der Waals surface area contributed by atoms with Gasteiger partial charge in [-0.15, -0.1) is 0 Å². The molecule has 6 heteroatoms. The van der Waals surface area contributed by atoms with Crippen LogP contribution in [0.3, 0.4) is 0 Å². The standard InChI is InChI=1S/C53H36N4O2/c1-33-54-49-45(56(35-19-7-3-8-20-35)36-21-9-4-10-22-36)31-43-47(51(49)58-33)48-44(53(43)41-29-17-15-27-39(41)40-28-16-18-30-42(40)53)32-46(50-52(48)59-34(2)55-50)57(37-23-11-5-12-24-37)38-25-13-6-14-26-38/h3-32H,1-2H3. The predicted octanol–water partition coefficient (Wildman–Crippen LogP) is 13.9. The Hall–Kier alpha value is -7.70. The van der Waals surface area contributed by atoms with Crippen LogP contribution in [0.5, 0.6) is 0 Å². The van der Waals surface area contributed by atoms with Crippen LogP contribution in [-0.2, 0) is 5.41 Å². The Morgan fingerprint density at radius 2 is 0.712 bits per heavy atom. The van der Waals surface area contributed by atoms with Crippen LogP contribution in [0.2, 0.25) is 0 Å². The molecule has 0 N–H and O–H groups in total. The minimum absolute atomic E-state index is 0.589. The molecule has 1 spiro atoms. The van der Waals surface area contributed by atoms with E-state index in [2.05, 4.69) is 192 Å². The summed E-state index contributed by atoms with van der Waals surface area (Å²) >= 11 is 0. The zero-order chi connectivity index (χ0) is 39.2. The molecular formula is C53H36N4O2. The van der Waals surface area contributed by atoms with Gasteiger partial charge in [-0.25, -0.2) is 9.97 Å². The molecule has 2 aliphatic rings. The highest BCUT2D eigenvalue weighted by molar-refractivity contribution is 6.15. The van der Waals surface area contributed by atoms with Crippen molar-refractivity contribution in [2.45, 2.75) is 19.3 Å². The first-order chi connectivity index (χ1) is 29.1. The van der Waals surface area contributed by atoms with Crippen LogP contribution in [-0.4, -0.2) is 9.97 Å². The highest BCUT2D eigenvalue weighted by Gasteiger charge is 2.54. The molecule has 6 nitrogen and oxygen atoms in total. The van der Waals surface area contributed by atoms with Gasteiger partial charge in [0, 0.05) is 47.7 Å². The maximum absolute atomic E-state index is 6.87. The molecule has 0 atom stereocenters. The number of hydrogen-bond donors (Lipinski definition) is 0. The summed E-state index contributed by atoms with van der Waals surface area (Å²) < 4.78 is 13.7. The average molecular weight is 761 g/mol. The fourth-order valence-corrected chi connectivity index (χ4v) is 9.89. The number of oxazole rings is 2. The van der Waals surface area contributed by atoms with E-state index in [0.717, 1.165) is 78.6 Å². The molecule has 280 valence electrons. The average Bonchev–Trinajstić information content (AvgIpc) is 4.03. The third kappa shape index (κ3) is 4.68. The number of benzene rings is 8. The van der Waals surface area contributed by atoms with E-state index in [1.165, 1.54) is 22.3 Å². The topological polar surface area (TPSA) is 58.5 Å². The first-order valence-electron chi connectivity index (χ1n) is 20.0. The van der Waals surface area contributed by atoms with Crippen molar-refractivity contribution in [3.63, 3.8) is 0 Å². The van der Waals surface area contributed by atoms with Gasteiger partial charge < -0.3 is 18.6 Å². The summed E-state index contributed by atoms with van der Waals surface area (Å²) in [4.78, 5) is 15.0. The van der Waals surface area contributed by atoms with Crippen LogP contribution >= 0.6 is 0 Å². The van der Waals surface area contributed by atoms with Gasteiger partial charge in [0.2, 0.25) is 0 Å². The zero-order valence-corrected chi connectivity index (χ0v) is 32.4. The van der Waals surface area contributed by atoms with Crippen LogP contribution in [0.15, 0.2) is 191 Å². The minimum atomic E-state index is -0.761. The predicted molar refractivity (Wildman–Crippen MR) is 237 cm³/mol. The van der Waals surface area contributed by atoms with Crippen molar-refractivity contribution < 1.29 is 8.83 Å². The van der Waals surface area contributed by atoms with Gasteiger partial charge in [-0.1, -0.05) is 121 Å². The monoisotopic (exact) mass is 760 g/mol. The van der Waals surface area contributed by atoms with E-state index in [0.29, 0.717) is 11.8 Å². The summed E-state index contributed by atoms with van der Waals surface area (Å²) in [6, 6.07) is 64.6. The molecule has 0 aliphatic heterocycles. The molecule has 0 bridgehead atoms. The molecule has 0 fully saturated rings. The summed E-state index contributed by atoms with van der Waals surface area (Å²) in [5, 5.41) is 0. The number of aromatic nitrogens is 2. The first kappa shape index (κ1) is 33.4. The number of hydrogen-bond acceptors (Lipinski definition) is 6. The normalized spacial score (nSPS) is 13.1. The molecule has 8 aromatic carbocycles. The fourth-order valence-electron chi connectivity index (χ4n) is 9.89. The van der Waals surface area contributed by atoms with Gasteiger partial charge in [0.15, 0.2) is 22.9 Å². The Kier molecular flexibility index (Phi) is 7.17. The SMILES string of the molecule is Cc1nc2c(N(c3ccccc3)c3ccccc3)cc3c(c2o1)-c1c(cc(N(c2ccccc2)c2ccccc2)c2nc(C)oc12)C31c2ccccc2-c2ccccc21. The van der Waals surface area contributed by atoms with Crippen molar-refractivity contribution in [1.82, 2.24) is 9.97 Å². The second-order valence-electron chi connectivity index (χ2n) is 15.3. The molecule has 0 amide bonds. The van der Waals surface area contributed by atoms with Crippen molar-refractivity contribution in [3.8, 4) is 22.3 Å². The number of fused-ring (bicyclic) bond motifs is 14. The third-order valence-electron chi connectivity index (χ3n) is 12.1. The van der Waals surface area contributed by atoms with Crippen LogP contribution in [0.4, 0.5) is 34.1 Å². The highest BCUT2D eigenvalue weighted by atomic mass is 16.4. The van der Waals surface area contributed by atoms with E-state index in [-0.39, 0.29) is 0 Å². The Morgan fingerprint density at radius 3 is 1.07 bits per heavy atom. The number of aryl methyl sites for hydroxylation is 2. The van der Waals surface area contributed by atoms with E-state index in [9.17, 15) is 0 Å². The third-order valence-corrected chi connectivity index (χ3v) is 12.1. The molecule has 59 heavy (non-hydrogen) atoms. The lowest BCUT2D eigenvalue weighted by Gasteiger charge is -2.33. The Balaban J connectivity index is 1.27. The Bertz CT molecular complexity index is 2950. The number of rotatable bonds is 6. The first-order valence-corrected chi connectivity index (χ1v) is 20.0. The molecule has 2 aliphatic carbocycles. The van der Waals surface area contributed by atoms with Crippen LogP contribution in [0.1, 0.15) is 34.0 Å². The van der Waals surface area contributed by atoms with E-state index >= 15 is 0 Å². The number of para-hydroxylation sites is 4. The highest BCUT2D eigenvalue weighted by Crippen LogP contribution is 2.67. The number of anilines is 6. The van der Waals surface area contributed by atoms with Gasteiger partial charge in [0.05, 0.1) is 16.8 Å². The fraction of sp³-hybridized carbons (Fsp3) is 0.0566. The summed E-state index contributed by atoms with van der Waals surface area (Å²) in [6.45, 7) is 3.87. The second kappa shape index (κ2) is 12.7. The van der Waals surface area contributed by atoms with Gasteiger partial charge in [-0.3, -0.25) is 0 Å². The summed E-state index contributed by atoms with van der Waals surface area (Å²) in [5.41, 5.74) is 17.2. The summed E-state index contributed by atoms with van der Waals surface area (Å²) in [7, 11) is 0. The van der Waals surface area contributed by atoms with E-state index in [1.807, 2.05) is 13.8 Å². The van der Waals surface area contributed by atoms with Crippen molar-refractivity contribution >= 4 is 56.3 Å². The molecule has 2 heterocycles. The van der Waals surface area contributed by atoms with Crippen LogP contribution < -0.4 is 9.80 Å². The van der Waals surface area contributed by atoms with E-state index in [1.54, 1.807) is 0 Å². The molecule has 0 saturated heterocycles. The maximum atomic E-state index is 6.87. The van der Waals surface area contributed by atoms with Crippen molar-refractivity contribution in [2.24, 2.45) is 0 Å². The molecular weight excluding hydrogens is 725 g/mol. The van der Waals surface area contributed by atoms with Crippen molar-refractivity contribution in [3.05, 3.63) is 216 Å². The second-order valence-corrected chi connectivity index (χ2v) is 15.3. The number of nitrogens with zero attached hydrogens (tertiary/aromatic N) is 4. The van der Waals surface area contributed by atoms with Gasteiger partial charge in [-0.2, -0.15) is 0 Å². The quantitative estimate of drug-likeness (QED) is 0.168. The van der Waals surface area contributed by atoms with Crippen molar-refractivity contribution in [1.29, 1.82) is 0 Å². The van der Waals surface area contributed by atoms with Crippen LogP contribution in [0, 0.1) is 13.8 Å². The maximum Gasteiger partial charge on any atom is 0.192 e. The minimum Gasteiger partial charge on any atom is -0.440 e. The van der Waals surface area contributed by atoms with Gasteiger partial charge >= 0.3 is 0 Å².